The number of morpholine rings is 1. The van der Waals surface area contributed by atoms with Crippen LogP contribution >= 0.6 is 11.6 Å². The van der Waals surface area contributed by atoms with E-state index in [1.807, 2.05) is 30.9 Å². The van der Waals surface area contributed by atoms with Crippen molar-refractivity contribution >= 4 is 56.8 Å². The lowest BCUT2D eigenvalue weighted by molar-refractivity contribution is -0.144. The molecule has 0 bridgehead atoms. The number of amides is 1. The van der Waals surface area contributed by atoms with Crippen LogP contribution in [0.3, 0.4) is 0 Å². The highest BCUT2D eigenvalue weighted by molar-refractivity contribution is 6.33. The number of carbonyl (C=O) groups is 2. The molecule has 4 heterocycles. The fraction of sp³-hybridized carbons (Fsp3) is 0.462. The van der Waals surface area contributed by atoms with Gasteiger partial charge in [0, 0.05) is 35.1 Å². The number of halogens is 1. The average Bonchev–Trinajstić information content (AvgIpc) is 3.43. The van der Waals surface area contributed by atoms with E-state index in [2.05, 4.69) is 25.2 Å². The fourth-order valence-corrected chi connectivity index (χ4v) is 5.21. The van der Waals surface area contributed by atoms with Gasteiger partial charge in [0.2, 0.25) is 5.91 Å². The third-order valence-electron chi connectivity index (χ3n) is 6.69. The Morgan fingerprint density at radius 2 is 2.16 bits per heavy atom. The Bertz CT molecular complexity index is 1370. The zero-order valence-electron chi connectivity index (χ0n) is 21.2. The normalized spacial score (nSPS) is 19.8. The molecule has 2 aliphatic heterocycles. The predicted octanol–water partition coefficient (Wildman–Crippen LogP) is 3.06. The number of carbonyl (C=O) groups excluding carboxylic acids is 2. The van der Waals surface area contributed by atoms with Gasteiger partial charge in [-0.1, -0.05) is 11.6 Å². The van der Waals surface area contributed by atoms with E-state index in [-0.39, 0.29) is 25.0 Å². The van der Waals surface area contributed by atoms with Crippen LogP contribution in [0.2, 0.25) is 5.02 Å². The molecule has 1 aromatic carbocycles. The number of fused-ring (bicyclic) bond motifs is 3. The molecule has 5 rings (SSSR count). The highest BCUT2D eigenvalue weighted by Crippen LogP contribution is 2.33. The van der Waals surface area contributed by atoms with E-state index in [0.29, 0.717) is 43.5 Å². The SMILES string of the molecule is CCOC(=O)CN1CCN=C1CN1CC(C)(C)OC[C@H]1C(=O)Nc1cc(Cl)cc2c1[nH]c1cnccc12. The van der Waals surface area contributed by atoms with Crippen LogP contribution in [0.5, 0.6) is 0 Å². The molecule has 1 fully saturated rings. The predicted molar refractivity (Wildman–Crippen MR) is 143 cm³/mol. The second-order valence-corrected chi connectivity index (χ2v) is 10.4. The number of hydrogen-bond donors (Lipinski definition) is 2. The Kier molecular flexibility index (Phi) is 7.06. The summed E-state index contributed by atoms with van der Waals surface area (Å²) in [4.78, 5) is 41.9. The van der Waals surface area contributed by atoms with E-state index in [9.17, 15) is 9.59 Å². The van der Waals surface area contributed by atoms with Crippen LogP contribution in [0.25, 0.3) is 21.8 Å². The first kappa shape index (κ1) is 25.4. The van der Waals surface area contributed by atoms with E-state index < -0.39 is 11.6 Å². The molecule has 10 nitrogen and oxygen atoms in total. The Morgan fingerprint density at radius 3 is 2.97 bits per heavy atom. The van der Waals surface area contributed by atoms with Crippen molar-refractivity contribution in [2.45, 2.75) is 32.4 Å². The molecule has 1 amide bonds. The van der Waals surface area contributed by atoms with Crippen LogP contribution < -0.4 is 5.32 Å². The largest absolute Gasteiger partial charge is 0.465 e. The molecule has 2 aliphatic rings. The van der Waals surface area contributed by atoms with Crippen LogP contribution in [0.15, 0.2) is 35.6 Å². The van der Waals surface area contributed by atoms with Crippen LogP contribution in [-0.4, -0.2) is 95.1 Å². The second kappa shape index (κ2) is 10.3. The summed E-state index contributed by atoms with van der Waals surface area (Å²) in [7, 11) is 0. The number of aromatic amines is 1. The number of H-pyrrole nitrogens is 1. The number of benzene rings is 1. The number of esters is 1. The minimum absolute atomic E-state index is 0.146. The first-order chi connectivity index (χ1) is 17.7. The van der Waals surface area contributed by atoms with E-state index >= 15 is 0 Å². The number of hydrogen-bond acceptors (Lipinski definition) is 8. The number of amidine groups is 1. The summed E-state index contributed by atoms with van der Waals surface area (Å²) in [6.45, 7) is 8.70. The summed E-state index contributed by atoms with van der Waals surface area (Å²) >= 11 is 6.43. The Hall–Kier alpha value is -3.21. The van der Waals surface area contributed by atoms with Gasteiger partial charge in [0.25, 0.3) is 0 Å². The summed E-state index contributed by atoms with van der Waals surface area (Å²) in [5.41, 5.74) is 1.80. The smallest absolute Gasteiger partial charge is 0.325 e. The number of anilines is 1. The first-order valence-corrected chi connectivity index (χ1v) is 12.8. The molecule has 0 radical (unpaired) electrons. The van der Waals surface area contributed by atoms with Crippen LogP contribution in [-0.2, 0) is 19.1 Å². The Labute approximate surface area is 220 Å². The zero-order valence-corrected chi connectivity index (χ0v) is 22.0. The maximum absolute atomic E-state index is 13.6. The first-order valence-electron chi connectivity index (χ1n) is 12.4. The van der Waals surface area contributed by atoms with Crippen molar-refractivity contribution in [1.82, 2.24) is 19.8 Å². The molecular formula is C26H31ClN6O4. The van der Waals surface area contributed by atoms with Crippen molar-refractivity contribution in [3.63, 3.8) is 0 Å². The van der Waals surface area contributed by atoms with Gasteiger partial charge in [0.1, 0.15) is 18.4 Å². The number of pyridine rings is 1. The molecule has 0 saturated carbocycles. The summed E-state index contributed by atoms with van der Waals surface area (Å²) < 4.78 is 11.2. The summed E-state index contributed by atoms with van der Waals surface area (Å²) in [5, 5.41) is 5.49. The van der Waals surface area contributed by atoms with Gasteiger partial charge in [-0.15, -0.1) is 0 Å². The number of aromatic nitrogens is 2. The van der Waals surface area contributed by atoms with Crippen molar-refractivity contribution in [2.24, 2.45) is 4.99 Å². The lowest BCUT2D eigenvalue weighted by atomic mass is 10.0. The Balaban J connectivity index is 1.38. The zero-order chi connectivity index (χ0) is 26.2. The number of aliphatic imine (C=N–C) groups is 1. The lowest BCUT2D eigenvalue weighted by Gasteiger charge is -2.43. The molecule has 2 aromatic heterocycles. The standard InChI is InChI=1S/C26H31ClN6O4/c1-4-36-23(34)13-32-8-7-29-22(32)12-33-15-26(2,3)37-14-21(33)25(35)31-19-10-16(27)9-18-17-5-6-28-11-20(17)30-24(18)19/h5-6,9-11,21,30H,4,7-8,12-15H2,1-3H3,(H,31,35)/t21-/m0/s1. The van der Waals surface area contributed by atoms with Gasteiger partial charge in [-0.2, -0.15) is 0 Å². The molecular weight excluding hydrogens is 496 g/mol. The molecule has 2 N–H and O–H groups in total. The van der Waals surface area contributed by atoms with E-state index in [4.69, 9.17) is 21.1 Å². The van der Waals surface area contributed by atoms with Crippen LogP contribution in [0.1, 0.15) is 20.8 Å². The minimum atomic E-state index is -0.555. The highest BCUT2D eigenvalue weighted by atomic mass is 35.5. The van der Waals surface area contributed by atoms with E-state index in [1.54, 1.807) is 25.4 Å². The molecule has 1 saturated heterocycles. The third-order valence-corrected chi connectivity index (χ3v) is 6.91. The Morgan fingerprint density at radius 1 is 1.32 bits per heavy atom. The minimum Gasteiger partial charge on any atom is -0.465 e. The van der Waals surface area contributed by atoms with Gasteiger partial charge in [0.15, 0.2) is 0 Å². The highest BCUT2D eigenvalue weighted by Gasteiger charge is 2.39. The van der Waals surface area contributed by atoms with Gasteiger partial charge < -0.3 is 24.7 Å². The van der Waals surface area contributed by atoms with Crippen molar-refractivity contribution in [2.75, 3.05) is 51.3 Å². The van der Waals surface area contributed by atoms with Gasteiger partial charge in [-0.05, 0) is 39.0 Å². The number of rotatable bonds is 7. The maximum atomic E-state index is 13.6. The summed E-state index contributed by atoms with van der Waals surface area (Å²) in [6.07, 6.45) is 3.47. The topological polar surface area (TPSA) is 112 Å². The quantitative estimate of drug-likeness (QED) is 0.455. The summed E-state index contributed by atoms with van der Waals surface area (Å²) in [6, 6.07) is 4.98. The van der Waals surface area contributed by atoms with Gasteiger partial charge in [-0.3, -0.25) is 24.5 Å². The van der Waals surface area contributed by atoms with E-state index in [0.717, 1.165) is 27.6 Å². The van der Waals surface area contributed by atoms with Crippen molar-refractivity contribution in [3.05, 3.63) is 35.6 Å². The maximum Gasteiger partial charge on any atom is 0.325 e. The van der Waals surface area contributed by atoms with Crippen molar-refractivity contribution < 1.29 is 19.1 Å². The monoisotopic (exact) mass is 526 g/mol. The van der Waals surface area contributed by atoms with Gasteiger partial charge in [-0.25, -0.2) is 0 Å². The molecule has 11 heteroatoms. The van der Waals surface area contributed by atoms with Crippen LogP contribution in [0.4, 0.5) is 5.69 Å². The molecule has 0 unspecified atom stereocenters. The number of nitrogens with one attached hydrogen (secondary N) is 2. The van der Waals surface area contributed by atoms with Gasteiger partial charge in [0.05, 0.1) is 54.8 Å². The van der Waals surface area contributed by atoms with E-state index in [1.165, 1.54) is 0 Å². The number of ether oxygens (including phenoxy) is 2. The molecule has 37 heavy (non-hydrogen) atoms. The lowest BCUT2D eigenvalue weighted by Crippen LogP contribution is -2.60. The van der Waals surface area contributed by atoms with Crippen molar-refractivity contribution in [3.8, 4) is 0 Å². The average molecular weight is 527 g/mol. The molecule has 196 valence electrons. The molecule has 0 aliphatic carbocycles. The van der Waals surface area contributed by atoms with Gasteiger partial charge >= 0.3 is 5.97 Å². The van der Waals surface area contributed by atoms with Crippen LogP contribution in [0, 0.1) is 0 Å². The number of nitrogens with zero attached hydrogens (tertiary/aromatic N) is 4. The summed E-state index contributed by atoms with van der Waals surface area (Å²) in [5.74, 6) is 0.287. The molecule has 3 aromatic rings. The molecule has 1 atom stereocenters. The third kappa shape index (κ3) is 5.41. The fourth-order valence-electron chi connectivity index (χ4n) is 4.99. The van der Waals surface area contributed by atoms with Crippen molar-refractivity contribution in [1.29, 1.82) is 0 Å². The second-order valence-electron chi connectivity index (χ2n) is 9.93. The molecule has 0 spiro atoms.